The van der Waals surface area contributed by atoms with Crippen LogP contribution in [0.25, 0.3) is 0 Å². The van der Waals surface area contributed by atoms with Crippen LogP contribution in [0, 0.1) is 7.14 Å². The van der Waals surface area contributed by atoms with Gasteiger partial charge in [0, 0.05) is 30.9 Å². The molecular weight excluding hydrogens is 730 g/mol. The number of benzene rings is 3. The average Bonchev–Trinajstić information content (AvgIpc) is 3.27. The Morgan fingerprint density at radius 3 is 2.59 bits per heavy atom. The first-order valence-electron chi connectivity index (χ1n) is 11.9. The minimum Gasteiger partial charge on any atom is -0.487 e. The minimum absolute atomic E-state index is 0.103. The van der Waals surface area contributed by atoms with Gasteiger partial charge in [-0.2, -0.15) is 0 Å². The maximum absolute atomic E-state index is 13.4. The van der Waals surface area contributed by atoms with Gasteiger partial charge in [0.25, 0.3) is 5.91 Å². The molecule has 0 fully saturated rings. The molecule has 1 aliphatic carbocycles. The van der Waals surface area contributed by atoms with Gasteiger partial charge in [-0.05, 0) is 118 Å². The van der Waals surface area contributed by atoms with Gasteiger partial charge < -0.3 is 10.1 Å². The number of carbonyl (C=O) groups excluding carboxylic acids is 1. The molecule has 0 atom stereocenters. The number of carbonyl (C=O) groups is 1. The first kappa shape index (κ1) is 26.6. The Morgan fingerprint density at radius 1 is 1.05 bits per heavy atom. The van der Waals surface area contributed by atoms with E-state index in [1.54, 1.807) is 11.3 Å². The van der Waals surface area contributed by atoms with E-state index in [1.165, 1.54) is 4.88 Å². The summed E-state index contributed by atoms with van der Waals surface area (Å²) in [5.74, 6) is 0.672. The molecule has 0 saturated heterocycles. The van der Waals surface area contributed by atoms with Crippen LogP contribution in [0.15, 0.2) is 71.7 Å². The van der Waals surface area contributed by atoms with Crippen molar-refractivity contribution in [1.82, 2.24) is 0 Å². The third-order valence-electron chi connectivity index (χ3n) is 6.07. The molecule has 1 aliphatic rings. The number of fused-ring (bicyclic) bond motifs is 1. The van der Waals surface area contributed by atoms with Crippen molar-refractivity contribution >= 4 is 90.9 Å². The Kier molecular flexibility index (Phi) is 8.84. The molecule has 0 saturated carbocycles. The Morgan fingerprint density at radius 2 is 1.81 bits per heavy atom. The van der Waals surface area contributed by atoms with Crippen LogP contribution in [-0.4, -0.2) is 12.1 Å². The van der Waals surface area contributed by atoms with Crippen LogP contribution in [0.2, 0.25) is 5.02 Å². The van der Waals surface area contributed by atoms with E-state index in [0.29, 0.717) is 17.2 Å². The van der Waals surface area contributed by atoms with Gasteiger partial charge >= 0.3 is 0 Å². The van der Waals surface area contributed by atoms with Gasteiger partial charge in [-0.25, -0.2) is 4.99 Å². The standard InChI is InChI=1S/C29H23ClI2N2O2S/c30-20-12-10-18(11-13-20)17-36-27-19(14-21(31)15-24(27)32)16-33-29-26(23-8-4-5-9-25(23)37-29)28(35)34-22-6-2-1-3-7-22/h1-3,6-7,10-16H,4-5,8-9,17H2,(H,34,35). The van der Waals surface area contributed by atoms with Crippen molar-refractivity contribution in [2.24, 2.45) is 4.99 Å². The fraction of sp³-hybridized carbons (Fsp3) is 0.172. The number of nitrogens with zero attached hydrogens (tertiary/aromatic N) is 1. The Hall–Kier alpha value is -1.95. The summed E-state index contributed by atoms with van der Waals surface area (Å²) in [5.41, 5.74) is 4.54. The molecule has 37 heavy (non-hydrogen) atoms. The Bertz CT molecular complexity index is 1450. The van der Waals surface area contributed by atoms with Crippen molar-refractivity contribution in [3.05, 3.63) is 106 Å². The summed E-state index contributed by atoms with van der Waals surface area (Å²) in [7, 11) is 0. The van der Waals surface area contributed by atoms with E-state index in [-0.39, 0.29) is 5.91 Å². The highest BCUT2D eigenvalue weighted by Gasteiger charge is 2.25. The molecule has 0 unspecified atom stereocenters. The summed E-state index contributed by atoms with van der Waals surface area (Å²) >= 11 is 12.3. The number of thiophene rings is 1. The SMILES string of the molecule is O=C(Nc1ccccc1)c1c(N=Cc2cc(I)cc(I)c2OCc2ccc(Cl)cc2)sc2c1CCCC2. The molecule has 3 aromatic carbocycles. The van der Waals surface area contributed by atoms with Crippen LogP contribution < -0.4 is 10.1 Å². The number of halogens is 3. The fourth-order valence-electron chi connectivity index (χ4n) is 4.28. The van der Waals surface area contributed by atoms with Crippen molar-refractivity contribution in [3.8, 4) is 5.75 Å². The van der Waals surface area contributed by atoms with Crippen LogP contribution in [0.1, 0.15) is 44.8 Å². The predicted molar refractivity (Wildman–Crippen MR) is 170 cm³/mol. The molecule has 188 valence electrons. The number of amides is 1. The third-order valence-corrected chi connectivity index (χ3v) is 8.94. The zero-order valence-corrected chi connectivity index (χ0v) is 25.7. The van der Waals surface area contributed by atoms with Gasteiger partial charge in [0.2, 0.25) is 0 Å². The molecule has 4 nitrogen and oxygen atoms in total. The van der Waals surface area contributed by atoms with Gasteiger partial charge in [-0.3, -0.25) is 4.79 Å². The second kappa shape index (κ2) is 12.3. The summed E-state index contributed by atoms with van der Waals surface area (Å²) in [6.45, 7) is 0.423. The number of nitrogens with one attached hydrogen (secondary N) is 1. The summed E-state index contributed by atoms with van der Waals surface area (Å²) in [5, 5.41) is 4.51. The van der Waals surface area contributed by atoms with E-state index in [2.05, 4.69) is 62.6 Å². The number of ether oxygens (including phenoxy) is 1. The zero-order chi connectivity index (χ0) is 25.8. The van der Waals surface area contributed by atoms with Gasteiger partial charge in [0.1, 0.15) is 17.4 Å². The zero-order valence-electron chi connectivity index (χ0n) is 19.8. The van der Waals surface area contributed by atoms with Crippen molar-refractivity contribution in [2.75, 3.05) is 5.32 Å². The minimum atomic E-state index is -0.103. The molecule has 1 aromatic heterocycles. The first-order valence-corrected chi connectivity index (χ1v) is 15.2. The maximum atomic E-state index is 13.4. The number of rotatable bonds is 7. The lowest BCUT2D eigenvalue weighted by Crippen LogP contribution is -2.14. The van der Waals surface area contributed by atoms with Crippen LogP contribution in [0.4, 0.5) is 10.7 Å². The summed E-state index contributed by atoms with van der Waals surface area (Å²) in [6, 6.07) is 21.4. The second-order valence-electron chi connectivity index (χ2n) is 8.69. The van der Waals surface area contributed by atoms with Crippen LogP contribution in [0.5, 0.6) is 5.75 Å². The van der Waals surface area contributed by atoms with Gasteiger partial charge in [-0.1, -0.05) is 41.9 Å². The van der Waals surface area contributed by atoms with E-state index in [9.17, 15) is 4.79 Å². The quantitative estimate of drug-likeness (QED) is 0.151. The normalized spacial score (nSPS) is 12.9. The molecule has 0 bridgehead atoms. The number of aliphatic imine (C=N–C) groups is 1. The maximum Gasteiger partial charge on any atom is 0.259 e. The molecule has 1 heterocycles. The van der Waals surface area contributed by atoms with E-state index in [1.807, 2.05) is 60.8 Å². The van der Waals surface area contributed by atoms with Crippen molar-refractivity contribution in [2.45, 2.75) is 32.3 Å². The lowest BCUT2D eigenvalue weighted by molar-refractivity contribution is 0.102. The number of hydrogen-bond acceptors (Lipinski definition) is 4. The molecular formula is C29H23ClI2N2O2S. The Balaban J connectivity index is 1.46. The van der Waals surface area contributed by atoms with Gasteiger partial charge in [-0.15, -0.1) is 11.3 Å². The highest BCUT2D eigenvalue weighted by molar-refractivity contribution is 14.1. The summed E-state index contributed by atoms with van der Waals surface area (Å²) in [6.07, 6.45) is 5.98. The van der Waals surface area contributed by atoms with Crippen molar-refractivity contribution < 1.29 is 9.53 Å². The highest BCUT2D eigenvalue weighted by Crippen LogP contribution is 2.40. The lowest BCUT2D eigenvalue weighted by Gasteiger charge is -2.13. The monoisotopic (exact) mass is 752 g/mol. The van der Waals surface area contributed by atoms with Gasteiger partial charge in [0.05, 0.1) is 9.13 Å². The Labute approximate surface area is 252 Å². The first-order chi connectivity index (χ1) is 18.0. The van der Waals surface area contributed by atoms with Crippen molar-refractivity contribution in [3.63, 3.8) is 0 Å². The fourth-order valence-corrected chi connectivity index (χ4v) is 7.69. The number of hydrogen-bond donors (Lipinski definition) is 1. The largest absolute Gasteiger partial charge is 0.487 e. The van der Waals surface area contributed by atoms with E-state index in [4.69, 9.17) is 21.3 Å². The predicted octanol–water partition coefficient (Wildman–Crippen LogP) is 9.07. The van der Waals surface area contributed by atoms with E-state index in [0.717, 1.165) is 66.0 Å². The van der Waals surface area contributed by atoms with E-state index >= 15 is 0 Å². The highest BCUT2D eigenvalue weighted by atomic mass is 127. The van der Waals surface area contributed by atoms with Crippen LogP contribution in [-0.2, 0) is 19.4 Å². The molecule has 8 heteroatoms. The number of aryl methyl sites for hydroxylation is 1. The van der Waals surface area contributed by atoms with Crippen molar-refractivity contribution in [1.29, 1.82) is 0 Å². The molecule has 0 aliphatic heterocycles. The number of anilines is 1. The smallest absolute Gasteiger partial charge is 0.259 e. The molecule has 4 aromatic rings. The van der Waals surface area contributed by atoms with Crippen LogP contribution >= 0.6 is 68.1 Å². The topological polar surface area (TPSA) is 50.7 Å². The molecule has 0 spiro atoms. The molecule has 5 rings (SSSR count). The second-order valence-corrected chi connectivity index (χ2v) is 12.6. The van der Waals surface area contributed by atoms with E-state index < -0.39 is 0 Å². The molecule has 0 radical (unpaired) electrons. The average molecular weight is 753 g/mol. The summed E-state index contributed by atoms with van der Waals surface area (Å²) in [4.78, 5) is 19.6. The third kappa shape index (κ3) is 6.55. The van der Waals surface area contributed by atoms with Crippen LogP contribution in [0.3, 0.4) is 0 Å². The number of para-hydroxylation sites is 1. The summed E-state index contributed by atoms with van der Waals surface area (Å²) < 4.78 is 8.35. The molecule has 1 amide bonds. The lowest BCUT2D eigenvalue weighted by atomic mass is 9.95. The van der Waals surface area contributed by atoms with Gasteiger partial charge in [0.15, 0.2) is 0 Å². The molecule has 1 N–H and O–H groups in total.